The lowest BCUT2D eigenvalue weighted by Gasteiger charge is -2.14. The van der Waals surface area contributed by atoms with Crippen LogP contribution in [-0.4, -0.2) is 28.2 Å². The van der Waals surface area contributed by atoms with Gasteiger partial charge in [0.15, 0.2) is 0 Å². The number of benzene rings is 4. The van der Waals surface area contributed by atoms with E-state index in [9.17, 15) is 0 Å². The molecule has 9 heteroatoms. The maximum absolute atomic E-state index is 6.13. The van der Waals surface area contributed by atoms with Gasteiger partial charge in [-0.05, 0) is 85.6 Å². The molecule has 0 unspecified atom stereocenters. The average molecular weight is 772 g/mol. The van der Waals surface area contributed by atoms with Gasteiger partial charge in [0, 0.05) is 11.4 Å². The van der Waals surface area contributed by atoms with E-state index in [1.54, 1.807) is 22.7 Å². The Morgan fingerprint density at radius 3 is 1.31 bits per heavy atom. The van der Waals surface area contributed by atoms with E-state index in [1.165, 1.54) is 64.2 Å². The summed E-state index contributed by atoms with van der Waals surface area (Å²) in [6.45, 7) is 5.98. The molecule has 0 fully saturated rings. The third-order valence-electron chi connectivity index (χ3n) is 9.80. The molecule has 7 aromatic rings. The van der Waals surface area contributed by atoms with Crippen LogP contribution in [0, 0.1) is 0 Å². The van der Waals surface area contributed by atoms with E-state index in [0.717, 1.165) is 102 Å². The van der Waals surface area contributed by atoms with E-state index in [-0.39, 0.29) is 0 Å². The average Bonchev–Trinajstić information content (AvgIpc) is 3.94. The first-order valence-electron chi connectivity index (χ1n) is 20.2. The summed E-state index contributed by atoms with van der Waals surface area (Å²) in [6, 6.07) is 33.1. The van der Waals surface area contributed by atoms with E-state index in [1.807, 2.05) is 12.1 Å². The molecule has 0 spiro atoms. The van der Waals surface area contributed by atoms with Crippen LogP contribution < -0.4 is 20.1 Å². The van der Waals surface area contributed by atoms with Crippen molar-refractivity contribution < 1.29 is 9.47 Å². The number of ether oxygens (including phenoxy) is 2. The largest absolute Gasteiger partial charge is 0.494 e. The minimum atomic E-state index is 0.737. The number of aromatic nitrogens is 3. The SMILES string of the molecule is CCCCCCCCOc1ccc(Nc2c(-c3nc4ccccc4s3)[nH]c(-c3nc4ccccc4s3)c2Nc2ccc(OCCCCCCCC)cc2)cc1. The molecule has 286 valence electrons. The van der Waals surface area contributed by atoms with Gasteiger partial charge in [0.1, 0.15) is 32.9 Å². The molecular formula is C46H53N5O2S2. The fourth-order valence-corrected chi connectivity index (χ4v) is 8.68. The Morgan fingerprint density at radius 1 is 0.491 bits per heavy atom. The lowest BCUT2D eigenvalue weighted by Crippen LogP contribution is -2.00. The minimum absolute atomic E-state index is 0.737. The number of para-hydroxylation sites is 2. The number of nitrogens with zero attached hydrogens (tertiary/aromatic N) is 2. The summed E-state index contributed by atoms with van der Waals surface area (Å²) in [7, 11) is 0. The van der Waals surface area contributed by atoms with Crippen molar-refractivity contribution in [3.63, 3.8) is 0 Å². The van der Waals surface area contributed by atoms with Gasteiger partial charge in [-0.3, -0.25) is 0 Å². The Bertz CT molecular complexity index is 2000. The van der Waals surface area contributed by atoms with Crippen LogP contribution in [0.1, 0.15) is 90.9 Å². The van der Waals surface area contributed by atoms with Crippen molar-refractivity contribution in [1.29, 1.82) is 0 Å². The molecular weight excluding hydrogens is 719 g/mol. The highest BCUT2D eigenvalue weighted by Gasteiger charge is 2.25. The van der Waals surface area contributed by atoms with E-state index >= 15 is 0 Å². The highest BCUT2D eigenvalue weighted by molar-refractivity contribution is 7.22. The second-order valence-electron chi connectivity index (χ2n) is 14.1. The number of nitrogens with one attached hydrogen (secondary N) is 3. The topological polar surface area (TPSA) is 84.1 Å². The van der Waals surface area contributed by atoms with E-state index in [2.05, 4.69) is 114 Å². The molecule has 55 heavy (non-hydrogen) atoms. The molecule has 0 bridgehead atoms. The minimum Gasteiger partial charge on any atom is -0.494 e. The van der Waals surface area contributed by atoms with Crippen molar-refractivity contribution in [3.05, 3.63) is 97.1 Å². The van der Waals surface area contributed by atoms with Gasteiger partial charge in [0.2, 0.25) is 0 Å². The number of H-pyrrole nitrogens is 1. The van der Waals surface area contributed by atoms with E-state index in [4.69, 9.17) is 19.4 Å². The van der Waals surface area contributed by atoms with Crippen molar-refractivity contribution in [2.24, 2.45) is 0 Å². The number of rotatable bonds is 22. The van der Waals surface area contributed by atoms with Crippen LogP contribution in [0.5, 0.6) is 11.5 Å². The van der Waals surface area contributed by atoms with Gasteiger partial charge in [0.25, 0.3) is 0 Å². The number of anilines is 4. The lowest BCUT2D eigenvalue weighted by atomic mass is 10.1. The monoisotopic (exact) mass is 771 g/mol. The summed E-state index contributed by atoms with van der Waals surface area (Å²) >= 11 is 3.35. The highest BCUT2D eigenvalue weighted by atomic mass is 32.1. The maximum Gasteiger partial charge on any atom is 0.143 e. The second kappa shape index (κ2) is 19.6. The Kier molecular flexibility index (Phi) is 13.7. The van der Waals surface area contributed by atoms with Gasteiger partial charge in [-0.15, -0.1) is 22.7 Å². The molecule has 0 aliphatic heterocycles. The van der Waals surface area contributed by atoms with Crippen LogP contribution in [0.4, 0.5) is 22.7 Å². The summed E-state index contributed by atoms with van der Waals surface area (Å²) in [5.41, 5.74) is 7.46. The summed E-state index contributed by atoms with van der Waals surface area (Å²) in [6.07, 6.45) is 14.9. The van der Waals surface area contributed by atoms with Gasteiger partial charge in [0.05, 0.1) is 45.0 Å². The number of unbranched alkanes of at least 4 members (excludes halogenated alkanes) is 10. The molecule has 0 aliphatic rings. The number of thiazole rings is 2. The summed E-state index contributed by atoms with van der Waals surface area (Å²) in [5, 5.41) is 9.37. The third-order valence-corrected chi connectivity index (χ3v) is 11.9. The fourth-order valence-electron chi connectivity index (χ4n) is 6.73. The van der Waals surface area contributed by atoms with Crippen molar-refractivity contribution in [2.75, 3.05) is 23.8 Å². The summed E-state index contributed by atoms with van der Waals surface area (Å²) in [5.74, 6) is 1.76. The van der Waals surface area contributed by atoms with Crippen molar-refractivity contribution >= 4 is 65.9 Å². The molecule has 3 aromatic heterocycles. The number of hydrogen-bond donors (Lipinski definition) is 3. The van der Waals surface area contributed by atoms with Crippen molar-refractivity contribution in [1.82, 2.24) is 15.0 Å². The number of fused-ring (bicyclic) bond motifs is 2. The number of hydrogen-bond acceptors (Lipinski definition) is 8. The Morgan fingerprint density at radius 2 is 0.891 bits per heavy atom. The zero-order valence-electron chi connectivity index (χ0n) is 32.2. The molecule has 3 N–H and O–H groups in total. The molecule has 0 amide bonds. The highest BCUT2D eigenvalue weighted by Crippen LogP contribution is 2.47. The Labute approximate surface area is 333 Å². The Balaban J connectivity index is 1.18. The first kappa shape index (κ1) is 38.4. The Hall–Kier alpha value is -4.86. The molecule has 0 aliphatic carbocycles. The molecule has 7 rings (SSSR count). The van der Waals surface area contributed by atoms with Crippen LogP contribution in [0.3, 0.4) is 0 Å². The first-order valence-corrected chi connectivity index (χ1v) is 21.8. The smallest absolute Gasteiger partial charge is 0.143 e. The molecule has 0 atom stereocenters. The van der Waals surface area contributed by atoms with Gasteiger partial charge in [-0.25, -0.2) is 9.97 Å². The second-order valence-corrected chi connectivity index (χ2v) is 16.2. The predicted molar refractivity (Wildman–Crippen MR) is 235 cm³/mol. The molecule has 4 aromatic carbocycles. The molecule has 0 radical (unpaired) electrons. The zero-order chi connectivity index (χ0) is 37.7. The maximum atomic E-state index is 6.13. The molecule has 7 nitrogen and oxygen atoms in total. The summed E-state index contributed by atoms with van der Waals surface area (Å²) < 4.78 is 14.5. The van der Waals surface area contributed by atoms with E-state index < -0.39 is 0 Å². The van der Waals surface area contributed by atoms with Crippen molar-refractivity contribution in [2.45, 2.75) is 90.9 Å². The van der Waals surface area contributed by atoms with Crippen LogP contribution in [0.2, 0.25) is 0 Å². The normalized spacial score (nSPS) is 11.4. The fraction of sp³-hybridized carbons (Fsp3) is 0.348. The van der Waals surface area contributed by atoms with Gasteiger partial charge < -0.3 is 25.1 Å². The molecule has 3 heterocycles. The zero-order valence-corrected chi connectivity index (χ0v) is 33.8. The van der Waals surface area contributed by atoms with Crippen LogP contribution in [0.15, 0.2) is 97.1 Å². The lowest BCUT2D eigenvalue weighted by molar-refractivity contribution is 0.304. The predicted octanol–water partition coefficient (Wildman–Crippen LogP) is 14.5. The van der Waals surface area contributed by atoms with E-state index in [0.29, 0.717) is 0 Å². The van der Waals surface area contributed by atoms with Crippen LogP contribution >= 0.6 is 22.7 Å². The third kappa shape index (κ3) is 10.3. The number of aromatic amines is 1. The quantitative estimate of drug-likeness (QED) is 0.0595. The summed E-state index contributed by atoms with van der Waals surface area (Å²) in [4.78, 5) is 14.0. The van der Waals surface area contributed by atoms with Crippen LogP contribution in [0.25, 0.3) is 41.8 Å². The molecule has 0 saturated carbocycles. The van der Waals surface area contributed by atoms with Gasteiger partial charge in [-0.2, -0.15) is 0 Å². The van der Waals surface area contributed by atoms with Crippen molar-refractivity contribution in [3.8, 4) is 32.9 Å². The standard InChI is InChI=1S/C46H53N5O2S2/c1-3-5-7-9-11-17-31-52-35-27-23-33(24-28-35)47-41-42(48-34-25-29-36(30-26-34)53-32-18-12-10-8-6-4-2)44(46-50-38-20-14-16-22-40(38)55-46)51-43(41)45-49-37-19-13-15-21-39(37)54-45/h13-16,19-30,47-48,51H,3-12,17-18,31-32H2,1-2H3. The van der Waals surface area contributed by atoms with Gasteiger partial charge >= 0.3 is 0 Å². The molecule has 0 saturated heterocycles. The first-order chi connectivity index (χ1) is 27.2. The van der Waals surface area contributed by atoms with Gasteiger partial charge in [-0.1, -0.05) is 102 Å². The van der Waals surface area contributed by atoms with Crippen LogP contribution in [-0.2, 0) is 0 Å².